The lowest BCUT2D eigenvalue weighted by Gasteiger charge is -2.31. The topological polar surface area (TPSA) is 59.4 Å². The standard InChI is InChI=1S/C19H24N4O2/c1-3-10-22-11-8-15(9-12-22)21-19(24)18-13-23(14-20-18)16-4-6-17(25-2)7-5-16/h3-7,13-15H,1,8-12H2,2H3,(H,21,24). The summed E-state index contributed by atoms with van der Waals surface area (Å²) in [5, 5.41) is 3.09. The summed E-state index contributed by atoms with van der Waals surface area (Å²) >= 11 is 0. The number of carbonyl (C=O) groups is 1. The van der Waals surface area contributed by atoms with Crippen LogP contribution in [0.1, 0.15) is 23.3 Å². The van der Waals surface area contributed by atoms with Crippen molar-refractivity contribution in [1.82, 2.24) is 19.8 Å². The molecule has 0 unspecified atom stereocenters. The fourth-order valence-electron chi connectivity index (χ4n) is 3.04. The number of likely N-dealkylation sites (tertiary alicyclic amines) is 1. The van der Waals surface area contributed by atoms with Crippen molar-refractivity contribution in [1.29, 1.82) is 0 Å². The summed E-state index contributed by atoms with van der Waals surface area (Å²) in [6, 6.07) is 7.83. The largest absolute Gasteiger partial charge is 0.497 e. The molecule has 0 radical (unpaired) electrons. The van der Waals surface area contributed by atoms with Gasteiger partial charge in [0.15, 0.2) is 0 Å². The molecule has 6 nitrogen and oxygen atoms in total. The third-order valence-electron chi connectivity index (χ3n) is 4.50. The molecular formula is C19H24N4O2. The Hall–Kier alpha value is -2.60. The molecule has 0 aliphatic carbocycles. The molecule has 1 fully saturated rings. The van der Waals surface area contributed by atoms with Gasteiger partial charge >= 0.3 is 0 Å². The number of benzene rings is 1. The summed E-state index contributed by atoms with van der Waals surface area (Å²) in [4.78, 5) is 19.0. The molecule has 1 aromatic heterocycles. The highest BCUT2D eigenvalue weighted by Gasteiger charge is 2.21. The van der Waals surface area contributed by atoms with E-state index in [1.807, 2.05) is 34.9 Å². The van der Waals surface area contributed by atoms with Gasteiger partial charge in [0.25, 0.3) is 5.91 Å². The third kappa shape index (κ3) is 4.28. The molecule has 1 aliphatic heterocycles. The van der Waals surface area contributed by atoms with Crippen LogP contribution in [-0.4, -0.2) is 53.1 Å². The van der Waals surface area contributed by atoms with Gasteiger partial charge in [-0.25, -0.2) is 4.98 Å². The minimum Gasteiger partial charge on any atom is -0.497 e. The van der Waals surface area contributed by atoms with E-state index in [1.165, 1.54) is 0 Å². The molecular weight excluding hydrogens is 316 g/mol. The summed E-state index contributed by atoms with van der Waals surface area (Å²) in [5.74, 6) is 0.680. The molecule has 0 atom stereocenters. The van der Waals surface area contributed by atoms with Gasteiger partial charge in [0.1, 0.15) is 17.8 Å². The molecule has 0 spiro atoms. The first-order valence-corrected chi connectivity index (χ1v) is 8.52. The minimum absolute atomic E-state index is 0.116. The van der Waals surface area contributed by atoms with Gasteiger partial charge in [0.2, 0.25) is 0 Å². The van der Waals surface area contributed by atoms with Crippen LogP contribution in [0.25, 0.3) is 5.69 Å². The molecule has 6 heteroatoms. The second-order valence-corrected chi connectivity index (χ2v) is 6.20. The minimum atomic E-state index is -0.116. The number of amides is 1. The number of carbonyl (C=O) groups excluding carboxylic acids is 1. The summed E-state index contributed by atoms with van der Waals surface area (Å²) in [5.41, 5.74) is 1.37. The van der Waals surface area contributed by atoms with Crippen molar-refractivity contribution in [3.63, 3.8) is 0 Å². The van der Waals surface area contributed by atoms with Crippen molar-refractivity contribution in [2.75, 3.05) is 26.7 Å². The van der Waals surface area contributed by atoms with Gasteiger partial charge in [-0.1, -0.05) is 6.08 Å². The van der Waals surface area contributed by atoms with Gasteiger partial charge in [-0.2, -0.15) is 0 Å². The maximum Gasteiger partial charge on any atom is 0.271 e. The van der Waals surface area contributed by atoms with Gasteiger partial charge in [-0.15, -0.1) is 6.58 Å². The van der Waals surface area contributed by atoms with Crippen LogP contribution < -0.4 is 10.1 Å². The first-order chi connectivity index (χ1) is 12.2. The maximum atomic E-state index is 12.4. The summed E-state index contributed by atoms with van der Waals surface area (Å²) < 4.78 is 6.99. The number of nitrogens with one attached hydrogen (secondary N) is 1. The third-order valence-corrected chi connectivity index (χ3v) is 4.50. The molecule has 1 aliphatic rings. The molecule has 25 heavy (non-hydrogen) atoms. The zero-order valence-corrected chi connectivity index (χ0v) is 14.5. The van der Waals surface area contributed by atoms with E-state index in [4.69, 9.17) is 4.74 Å². The van der Waals surface area contributed by atoms with Crippen molar-refractivity contribution in [2.24, 2.45) is 0 Å². The lowest BCUT2D eigenvalue weighted by Crippen LogP contribution is -2.44. The Kier molecular flexibility index (Phi) is 5.50. The zero-order chi connectivity index (χ0) is 17.6. The van der Waals surface area contributed by atoms with Crippen LogP contribution in [0.2, 0.25) is 0 Å². The Morgan fingerprint density at radius 2 is 2.08 bits per heavy atom. The first-order valence-electron chi connectivity index (χ1n) is 8.52. The highest BCUT2D eigenvalue weighted by molar-refractivity contribution is 5.92. The number of methoxy groups -OCH3 is 1. The van der Waals surface area contributed by atoms with E-state index in [9.17, 15) is 4.79 Å². The summed E-state index contributed by atoms with van der Waals surface area (Å²) in [6.45, 7) is 6.65. The number of piperidine rings is 1. The fraction of sp³-hybridized carbons (Fsp3) is 0.368. The second-order valence-electron chi connectivity index (χ2n) is 6.20. The van der Waals surface area contributed by atoms with Gasteiger partial charge in [-0.3, -0.25) is 9.69 Å². The van der Waals surface area contributed by atoms with Crippen molar-refractivity contribution < 1.29 is 9.53 Å². The van der Waals surface area contributed by atoms with Gasteiger partial charge in [0, 0.05) is 37.6 Å². The molecule has 0 bridgehead atoms. The molecule has 1 aromatic carbocycles. The van der Waals surface area contributed by atoms with E-state index >= 15 is 0 Å². The molecule has 132 valence electrons. The first kappa shape index (κ1) is 17.2. The highest BCUT2D eigenvalue weighted by atomic mass is 16.5. The van der Waals surface area contributed by atoms with Gasteiger partial charge in [-0.05, 0) is 37.1 Å². The normalized spacial score (nSPS) is 15.7. The van der Waals surface area contributed by atoms with Crippen molar-refractivity contribution in [3.05, 3.63) is 55.1 Å². The molecule has 1 saturated heterocycles. The SMILES string of the molecule is C=CCN1CCC(NC(=O)c2cn(-c3ccc(OC)cc3)cn2)CC1. The van der Waals surface area contributed by atoms with Crippen molar-refractivity contribution >= 4 is 5.91 Å². The Labute approximate surface area is 148 Å². The Balaban J connectivity index is 1.58. The van der Waals surface area contributed by atoms with Crippen molar-refractivity contribution in [2.45, 2.75) is 18.9 Å². The predicted octanol–water partition coefficient (Wildman–Crippen LogP) is 2.26. The average Bonchev–Trinajstić information content (AvgIpc) is 3.14. The summed E-state index contributed by atoms with van der Waals surface area (Å²) in [7, 11) is 1.64. The Morgan fingerprint density at radius 1 is 1.36 bits per heavy atom. The summed E-state index contributed by atoms with van der Waals surface area (Å²) in [6.07, 6.45) is 7.25. The monoisotopic (exact) mass is 340 g/mol. The van der Waals surface area contributed by atoms with Crippen LogP contribution in [0, 0.1) is 0 Å². The number of imidazole rings is 1. The number of aromatic nitrogens is 2. The van der Waals surface area contributed by atoms with E-state index in [2.05, 4.69) is 21.8 Å². The van der Waals surface area contributed by atoms with Gasteiger partial charge < -0.3 is 14.6 Å². The molecule has 3 rings (SSSR count). The van der Waals surface area contributed by atoms with Crippen LogP contribution in [0.4, 0.5) is 0 Å². The van der Waals surface area contributed by atoms with E-state index in [0.29, 0.717) is 5.69 Å². The molecule has 2 heterocycles. The van der Waals surface area contributed by atoms with E-state index < -0.39 is 0 Å². The van der Waals surface area contributed by atoms with E-state index in [1.54, 1.807) is 19.6 Å². The lowest BCUT2D eigenvalue weighted by molar-refractivity contribution is 0.0909. The van der Waals surface area contributed by atoms with E-state index in [0.717, 1.165) is 43.9 Å². The second kappa shape index (κ2) is 7.98. The molecule has 0 saturated carbocycles. The molecule has 1 N–H and O–H groups in total. The zero-order valence-electron chi connectivity index (χ0n) is 14.5. The van der Waals surface area contributed by atoms with Crippen LogP contribution in [0.5, 0.6) is 5.75 Å². The number of hydrogen-bond acceptors (Lipinski definition) is 4. The van der Waals surface area contributed by atoms with Crippen molar-refractivity contribution in [3.8, 4) is 11.4 Å². The van der Waals surface area contributed by atoms with E-state index in [-0.39, 0.29) is 11.9 Å². The Bertz CT molecular complexity index is 715. The highest BCUT2D eigenvalue weighted by Crippen LogP contribution is 2.15. The van der Waals surface area contributed by atoms with Crippen LogP contribution in [-0.2, 0) is 0 Å². The number of rotatable bonds is 6. The lowest BCUT2D eigenvalue weighted by atomic mass is 10.0. The molecule has 2 aromatic rings. The number of hydrogen-bond donors (Lipinski definition) is 1. The Morgan fingerprint density at radius 3 is 2.72 bits per heavy atom. The fourth-order valence-corrected chi connectivity index (χ4v) is 3.04. The smallest absolute Gasteiger partial charge is 0.271 e. The quantitative estimate of drug-likeness (QED) is 0.820. The number of ether oxygens (including phenoxy) is 1. The molecule has 1 amide bonds. The van der Waals surface area contributed by atoms with Crippen LogP contribution >= 0.6 is 0 Å². The predicted molar refractivity (Wildman–Crippen MR) is 97.2 cm³/mol. The number of nitrogens with zero attached hydrogens (tertiary/aromatic N) is 3. The van der Waals surface area contributed by atoms with Crippen LogP contribution in [0.15, 0.2) is 49.4 Å². The average molecular weight is 340 g/mol. The van der Waals surface area contributed by atoms with Gasteiger partial charge in [0.05, 0.1) is 7.11 Å². The van der Waals surface area contributed by atoms with Crippen LogP contribution in [0.3, 0.4) is 0 Å². The maximum absolute atomic E-state index is 12.4.